The van der Waals surface area contributed by atoms with Crippen LogP contribution in [0.1, 0.15) is 42.5 Å². The van der Waals surface area contributed by atoms with Crippen molar-refractivity contribution >= 4 is 11.8 Å². The fourth-order valence-electron chi connectivity index (χ4n) is 2.60. The normalized spacial score (nSPS) is 15.2. The molecular formula is C16H21FN2O3. The van der Waals surface area contributed by atoms with Gasteiger partial charge in [-0.3, -0.25) is 9.59 Å². The Morgan fingerprint density at radius 2 is 2.00 bits per heavy atom. The van der Waals surface area contributed by atoms with Crippen molar-refractivity contribution in [2.45, 2.75) is 38.1 Å². The first kappa shape index (κ1) is 16.3. The van der Waals surface area contributed by atoms with Crippen LogP contribution in [0.5, 0.6) is 5.75 Å². The number of halogens is 1. The molecule has 2 N–H and O–H groups in total. The van der Waals surface area contributed by atoms with Crippen LogP contribution in [-0.4, -0.2) is 31.5 Å². The second-order valence-corrected chi connectivity index (χ2v) is 5.43. The third-order valence-corrected chi connectivity index (χ3v) is 3.79. The van der Waals surface area contributed by atoms with Crippen LogP contribution in [0.25, 0.3) is 0 Å². The molecule has 0 bridgehead atoms. The van der Waals surface area contributed by atoms with Gasteiger partial charge in [-0.1, -0.05) is 19.3 Å². The van der Waals surface area contributed by atoms with Crippen molar-refractivity contribution in [3.8, 4) is 5.75 Å². The predicted molar refractivity (Wildman–Crippen MR) is 80.3 cm³/mol. The van der Waals surface area contributed by atoms with Gasteiger partial charge in [0.25, 0.3) is 5.91 Å². The van der Waals surface area contributed by atoms with Crippen molar-refractivity contribution in [3.05, 3.63) is 29.6 Å². The Kier molecular flexibility index (Phi) is 5.75. The van der Waals surface area contributed by atoms with Crippen LogP contribution in [-0.2, 0) is 4.79 Å². The molecule has 2 rings (SSSR count). The summed E-state index contributed by atoms with van der Waals surface area (Å²) >= 11 is 0. The topological polar surface area (TPSA) is 67.4 Å². The van der Waals surface area contributed by atoms with E-state index in [1.807, 2.05) is 0 Å². The van der Waals surface area contributed by atoms with E-state index in [0.717, 1.165) is 31.7 Å². The Balaban J connectivity index is 1.81. The first-order valence-electron chi connectivity index (χ1n) is 7.51. The van der Waals surface area contributed by atoms with Crippen LogP contribution in [0.2, 0.25) is 0 Å². The highest BCUT2D eigenvalue weighted by Crippen LogP contribution is 2.18. The quantitative estimate of drug-likeness (QED) is 0.874. The van der Waals surface area contributed by atoms with Gasteiger partial charge in [0.2, 0.25) is 5.91 Å². The van der Waals surface area contributed by atoms with Crippen molar-refractivity contribution < 1.29 is 18.7 Å². The molecule has 0 aliphatic heterocycles. The fourth-order valence-corrected chi connectivity index (χ4v) is 2.60. The highest BCUT2D eigenvalue weighted by Gasteiger charge is 2.16. The molecule has 0 aromatic heterocycles. The fraction of sp³-hybridized carbons (Fsp3) is 0.500. The average Bonchev–Trinajstić information content (AvgIpc) is 2.53. The number of hydrogen-bond acceptors (Lipinski definition) is 3. The minimum absolute atomic E-state index is 0.0755. The second kappa shape index (κ2) is 7.77. The summed E-state index contributed by atoms with van der Waals surface area (Å²) in [5.41, 5.74) is 0.156. The molecule has 0 radical (unpaired) electrons. The van der Waals surface area contributed by atoms with E-state index in [-0.39, 0.29) is 29.8 Å². The number of hydrogen-bond donors (Lipinski definition) is 2. The standard InChI is InChI=1S/C16H21FN2O3/c1-22-14-8-7-11(9-13(14)17)16(21)18-10-15(20)19-12-5-3-2-4-6-12/h7-9,12H,2-6,10H2,1H3,(H,18,21)(H,19,20). The molecule has 1 fully saturated rings. The molecule has 1 aromatic rings. The highest BCUT2D eigenvalue weighted by molar-refractivity contribution is 5.96. The van der Waals surface area contributed by atoms with Crippen molar-refractivity contribution in [2.24, 2.45) is 0 Å². The van der Waals surface area contributed by atoms with E-state index in [9.17, 15) is 14.0 Å². The van der Waals surface area contributed by atoms with Gasteiger partial charge < -0.3 is 15.4 Å². The first-order chi connectivity index (χ1) is 10.6. The summed E-state index contributed by atoms with van der Waals surface area (Å²) in [7, 11) is 1.35. The Hall–Kier alpha value is -2.11. The Morgan fingerprint density at radius 3 is 2.64 bits per heavy atom. The summed E-state index contributed by atoms with van der Waals surface area (Å²) in [6, 6.07) is 4.13. The molecule has 22 heavy (non-hydrogen) atoms. The molecule has 0 heterocycles. The van der Waals surface area contributed by atoms with Crippen LogP contribution in [0, 0.1) is 5.82 Å². The van der Waals surface area contributed by atoms with E-state index in [0.29, 0.717) is 0 Å². The Bertz CT molecular complexity index is 542. The molecular weight excluding hydrogens is 287 g/mol. The second-order valence-electron chi connectivity index (χ2n) is 5.43. The van der Waals surface area contributed by atoms with Gasteiger partial charge in [0.15, 0.2) is 11.6 Å². The summed E-state index contributed by atoms with van der Waals surface area (Å²) in [4.78, 5) is 23.7. The maximum absolute atomic E-state index is 13.5. The van der Waals surface area contributed by atoms with Crippen LogP contribution in [0.15, 0.2) is 18.2 Å². The summed E-state index contributed by atoms with van der Waals surface area (Å²) in [6.07, 6.45) is 5.45. The van der Waals surface area contributed by atoms with Crippen molar-refractivity contribution in [1.29, 1.82) is 0 Å². The van der Waals surface area contributed by atoms with Crippen molar-refractivity contribution in [2.75, 3.05) is 13.7 Å². The van der Waals surface area contributed by atoms with E-state index >= 15 is 0 Å². The molecule has 0 unspecified atom stereocenters. The third kappa shape index (κ3) is 4.44. The molecule has 5 nitrogen and oxygen atoms in total. The van der Waals surface area contributed by atoms with E-state index in [1.165, 1.54) is 25.7 Å². The SMILES string of the molecule is COc1ccc(C(=O)NCC(=O)NC2CCCCC2)cc1F. The molecule has 1 aromatic carbocycles. The molecule has 120 valence electrons. The predicted octanol–water partition coefficient (Wildman–Crippen LogP) is 2.01. The minimum Gasteiger partial charge on any atom is -0.494 e. The number of amides is 2. The van der Waals surface area contributed by atoms with Gasteiger partial charge in [-0.2, -0.15) is 0 Å². The maximum Gasteiger partial charge on any atom is 0.251 e. The van der Waals surface area contributed by atoms with Gasteiger partial charge in [0.1, 0.15) is 0 Å². The van der Waals surface area contributed by atoms with Crippen LogP contribution >= 0.6 is 0 Å². The molecule has 2 amide bonds. The van der Waals surface area contributed by atoms with E-state index < -0.39 is 11.7 Å². The van der Waals surface area contributed by atoms with Gasteiger partial charge >= 0.3 is 0 Å². The summed E-state index contributed by atoms with van der Waals surface area (Å²) in [5.74, 6) is -1.23. The Morgan fingerprint density at radius 1 is 1.27 bits per heavy atom. The van der Waals surface area contributed by atoms with Crippen LogP contribution < -0.4 is 15.4 Å². The zero-order valence-corrected chi connectivity index (χ0v) is 12.7. The van der Waals surface area contributed by atoms with Gasteiger partial charge in [-0.05, 0) is 31.0 Å². The largest absolute Gasteiger partial charge is 0.494 e. The minimum atomic E-state index is -0.609. The monoisotopic (exact) mass is 308 g/mol. The van der Waals surface area contributed by atoms with Gasteiger partial charge in [0, 0.05) is 11.6 Å². The number of methoxy groups -OCH3 is 1. The molecule has 1 saturated carbocycles. The number of carbonyl (C=O) groups excluding carboxylic acids is 2. The summed E-state index contributed by atoms with van der Waals surface area (Å²) < 4.78 is 18.3. The van der Waals surface area contributed by atoms with Gasteiger partial charge in [-0.15, -0.1) is 0 Å². The smallest absolute Gasteiger partial charge is 0.251 e. The molecule has 0 atom stereocenters. The lowest BCUT2D eigenvalue weighted by atomic mass is 9.95. The lowest BCUT2D eigenvalue weighted by molar-refractivity contribution is -0.121. The highest BCUT2D eigenvalue weighted by atomic mass is 19.1. The lowest BCUT2D eigenvalue weighted by Crippen LogP contribution is -2.42. The summed E-state index contributed by atoms with van der Waals surface area (Å²) in [5, 5.41) is 5.40. The zero-order chi connectivity index (χ0) is 15.9. The Labute approximate surface area is 129 Å². The molecule has 6 heteroatoms. The summed E-state index contributed by atoms with van der Waals surface area (Å²) in [6.45, 7) is -0.108. The van der Waals surface area contributed by atoms with Gasteiger partial charge in [0.05, 0.1) is 13.7 Å². The lowest BCUT2D eigenvalue weighted by Gasteiger charge is -2.22. The molecule has 1 aliphatic carbocycles. The number of ether oxygens (including phenoxy) is 1. The maximum atomic E-state index is 13.5. The number of rotatable bonds is 5. The van der Waals surface area contributed by atoms with Crippen molar-refractivity contribution in [3.63, 3.8) is 0 Å². The van der Waals surface area contributed by atoms with Crippen molar-refractivity contribution in [1.82, 2.24) is 10.6 Å². The third-order valence-electron chi connectivity index (χ3n) is 3.79. The first-order valence-corrected chi connectivity index (χ1v) is 7.51. The van der Waals surface area contributed by atoms with E-state index in [4.69, 9.17) is 4.74 Å². The van der Waals surface area contributed by atoms with E-state index in [1.54, 1.807) is 0 Å². The van der Waals surface area contributed by atoms with Gasteiger partial charge in [-0.25, -0.2) is 4.39 Å². The zero-order valence-electron chi connectivity index (χ0n) is 12.7. The number of benzene rings is 1. The number of nitrogens with one attached hydrogen (secondary N) is 2. The molecule has 1 aliphatic rings. The molecule has 0 saturated heterocycles. The molecule has 0 spiro atoms. The van der Waals surface area contributed by atoms with Crippen LogP contribution in [0.3, 0.4) is 0 Å². The number of carbonyl (C=O) groups is 2. The van der Waals surface area contributed by atoms with Crippen LogP contribution in [0.4, 0.5) is 4.39 Å². The average molecular weight is 308 g/mol. The van der Waals surface area contributed by atoms with E-state index in [2.05, 4.69) is 10.6 Å².